The number of benzene rings is 1. The van der Waals surface area contributed by atoms with Crippen molar-refractivity contribution >= 4 is 15.8 Å². The lowest BCUT2D eigenvalue weighted by atomic mass is 10.1. The van der Waals surface area contributed by atoms with Gasteiger partial charge in [-0.05, 0) is 37.1 Å². The number of rotatable bonds is 2. The minimum absolute atomic E-state index is 0.140. The zero-order valence-electron chi connectivity index (χ0n) is 10.6. The Labute approximate surface area is 108 Å². The summed E-state index contributed by atoms with van der Waals surface area (Å²) in [6, 6.07) is 5.15. The molecule has 0 unspecified atom stereocenters. The fraction of sp³-hybridized carbons (Fsp3) is 0.462. The first kappa shape index (κ1) is 13.2. The van der Waals surface area contributed by atoms with Gasteiger partial charge in [-0.25, -0.2) is 8.42 Å². The van der Waals surface area contributed by atoms with Crippen LogP contribution < -0.4 is 0 Å². The van der Waals surface area contributed by atoms with Crippen LogP contribution in [0.2, 0.25) is 0 Å². The van der Waals surface area contributed by atoms with E-state index in [0.29, 0.717) is 30.8 Å². The first-order valence-corrected chi connectivity index (χ1v) is 7.44. The van der Waals surface area contributed by atoms with E-state index < -0.39 is 10.0 Å². The van der Waals surface area contributed by atoms with Gasteiger partial charge in [0, 0.05) is 25.9 Å². The van der Waals surface area contributed by atoms with Crippen molar-refractivity contribution < 1.29 is 13.2 Å². The molecule has 98 valence electrons. The maximum Gasteiger partial charge on any atom is 0.243 e. The van der Waals surface area contributed by atoms with Gasteiger partial charge in [0.25, 0.3) is 0 Å². The van der Waals surface area contributed by atoms with Gasteiger partial charge in [0.05, 0.1) is 4.90 Å². The zero-order valence-corrected chi connectivity index (χ0v) is 11.5. The van der Waals surface area contributed by atoms with Crippen LogP contribution in [0.3, 0.4) is 0 Å². The molecule has 0 bridgehead atoms. The Hall–Kier alpha value is -1.20. The minimum atomic E-state index is -3.44. The molecule has 1 saturated heterocycles. The number of aryl methyl sites for hydroxylation is 2. The Morgan fingerprint density at radius 2 is 1.67 bits per heavy atom. The van der Waals surface area contributed by atoms with Gasteiger partial charge in [-0.1, -0.05) is 6.07 Å². The van der Waals surface area contributed by atoms with Crippen molar-refractivity contribution in [2.24, 2.45) is 0 Å². The number of piperidine rings is 1. The Morgan fingerprint density at radius 3 is 2.22 bits per heavy atom. The van der Waals surface area contributed by atoms with E-state index in [9.17, 15) is 13.2 Å². The number of ketones is 1. The summed E-state index contributed by atoms with van der Waals surface area (Å²) in [5, 5.41) is 0. The molecule has 0 amide bonds. The summed E-state index contributed by atoms with van der Waals surface area (Å²) in [6.07, 6.45) is 0.647. The molecule has 0 spiro atoms. The summed E-state index contributed by atoms with van der Waals surface area (Å²) in [7, 11) is -3.44. The summed E-state index contributed by atoms with van der Waals surface area (Å²) in [4.78, 5) is 11.5. The van der Waals surface area contributed by atoms with E-state index in [1.165, 1.54) is 4.31 Å². The fourth-order valence-electron chi connectivity index (χ4n) is 2.00. The van der Waals surface area contributed by atoms with E-state index >= 15 is 0 Å². The summed E-state index contributed by atoms with van der Waals surface area (Å²) < 4.78 is 26.1. The van der Waals surface area contributed by atoms with Gasteiger partial charge in [-0.3, -0.25) is 4.79 Å². The molecule has 5 heteroatoms. The summed E-state index contributed by atoms with van der Waals surface area (Å²) in [5.41, 5.74) is 2.03. The molecule has 1 aromatic carbocycles. The summed E-state index contributed by atoms with van der Waals surface area (Å²) >= 11 is 0. The molecule has 4 nitrogen and oxygen atoms in total. The average molecular weight is 267 g/mol. The molecule has 0 N–H and O–H groups in total. The lowest BCUT2D eigenvalue weighted by molar-refractivity contribution is -0.120. The Morgan fingerprint density at radius 1 is 1.06 bits per heavy atom. The van der Waals surface area contributed by atoms with Crippen LogP contribution in [0.1, 0.15) is 24.0 Å². The van der Waals surface area contributed by atoms with Gasteiger partial charge >= 0.3 is 0 Å². The number of nitrogens with zero attached hydrogens (tertiary/aromatic N) is 1. The third-order valence-corrected chi connectivity index (χ3v) is 5.29. The number of carbonyl (C=O) groups excluding carboxylic acids is 1. The van der Waals surface area contributed by atoms with Gasteiger partial charge in [0.1, 0.15) is 5.78 Å². The molecular formula is C13H17NO3S. The van der Waals surface area contributed by atoms with Gasteiger partial charge in [0.15, 0.2) is 0 Å². The SMILES string of the molecule is Cc1ccc(S(=O)(=O)N2CCC(=O)CC2)cc1C. The minimum Gasteiger partial charge on any atom is -0.300 e. The molecule has 0 aromatic heterocycles. The number of hydrogen-bond donors (Lipinski definition) is 0. The van der Waals surface area contributed by atoms with Crippen LogP contribution in [-0.2, 0) is 14.8 Å². The highest BCUT2D eigenvalue weighted by Crippen LogP contribution is 2.21. The standard InChI is InChI=1S/C13H17NO3S/c1-10-3-4-13(9-11(10)2)18(16,17)14-7-5-12(15)6-8-14/h3-4,9H,5-8H2,1-2H3. The van der Waals surface area contributed by atoms with Gasteiger partial charge in [0.2, 0.25) is 10.0 Å². The van der Waals surface area contributed by atoms with E-state index in [1.54, 1.807) is 12.1 Å². The summed E-state index contributed by atoms with van der Waals surface area (Å²) in [5.74, 6) is 0.140. The topological polar surface area (TPSA) is 54.5 Å². The van der Waals surface area contributed by atoms with Gasteiger partial charge < -0.3 is 0 Å². The molecule has 2 rings (SSSR count). The first-order valence-electron chi connectivity index (χ1n) is 6.00. The van der Waals surface area contributed by atoms with Crippen molar-refractivity contribution in [3.63, 3.8) is 0 Å². The van der Waals surface area contributed by atoms with Crippen molar-refractivity contribution in [2.75, 3.05) is 13.1 Å². The third kappa shape index (κ3) is 2.47. The quantitative estimate of drug-likeness (QED) is 0.819. The maximum atomic E-state index is 12.4. The smallest absolute Gasteiger partial charge is 0.243 e. The molecular weight excluding hydrogens is 250 g/mol. The molecule has 1 fully saturated rings. The van der Waals surface area contributed by atoms with Crippen LogP contribution in [-0.4, -0.2) is 31.6 Å². The van der Waals surface area contributed by atoms with Crippen molar-refractivity contribution in [1.29, 1.82) is 0 Å². The van der Waals surface area contributed by atoms with Crippen LogP contribution in [0, 0.1) is 13.8 Å². The summed E-state index contributed by atoms with van der Waals surface area (Å²) in [6.45, 7) is 4.45. The van der Waals surface area contributed by atoms with E-state index in [0.717, 1.165) is 11.1 Å². The Balaban J connectivity index is 2.30. The lowest BCUT2D eigenvalue weighted by Crippen LogP contribution is -2.38. The predicted octanol–water partition coefficient (Wildman–Crippen LogP) is 1.66. The molecule has 0 aliphatic carbocycles. The Kier molecular flexibility index (Phi) is 3.54. The highest BCUT2D eigenvalue weighted by Gasteiger charge is 2.28. The molecule has 0 saturated carbocycles. The molecule has 18 heavy (non-hydrogen) atoms. The third-order valence-electron chi connectivity index (χ3n) is 3.40. The molecule has 0 atom stereocenters. The fourth-order valence-corrected chi connectivity index (χ4v) is 3.53. The molecule has 1 aromatic rings. The highest BCUT2D eigenvalue weighted by molar-refractivity contribution is 7.89. The van der Waals surface area contributed by atoms with Crippen molar-refractivity contribution in [1.82, 2.24) is 4.31 Å². The molecule has 1 aliphatic rings. The monoisotopic (exact) mass is 267 g/mol. The van der Waals surface area contributed by atoms with E-state index in [1.807, 2.05) is 19.9 Å². The highest BCUT2D eigenvalue weighted by atomic mass is 32.2. The van der Waals surface area contributed by atoms with Crippen molar-refractivity contribution in [3.05, 3.63) is 29.3 Å². The molecule has 1 aliphatic heterocycles. The van der Waals surface area contributed by atoms with Crippen LogP contribution in [0.5, 0.6) is 0 Å². The second kappa shape index (κ2) is 4.82. The van der Waals surface area contributed by atoms with E-state index in [-0.39, 0.29) is 5.78 Å². The van der Waals surface area contributed by atoms with Crippen molar-refractivity contribution in [3.8, 4) is 0 Å². The molecule has 1 heterocycles. The van der Waals surface area contributed by atoms with Gasteiger partial charge in [-0.2, -0.15) is 4.31 Å². The number of hydrogen-bond acceptors (Lipinski definition) is 3. The Bertz CT molecular complexity index is 568. The number of carbonyl (C=O) groups is 1. The number of sulfonamides is 1. The number of Topliss-reactive ketones (excluding diaryl/α,β-unsaturated/α-hetero) is 1. The van der Waals surface area contributed by atoms with Crippen molar-refractivity contribution in [2.45, 2.75) is 31.6 Å². The van der Waals surface area contributed by atoms with Crippen LogP contribution in [0.4, 0.5) is 0 Å². The van der Waals surface area contributed by atoms with Gasteiger partial charge in [-0.15, -0.1) is 0 Å². The van der Waals surface area contributed by atoms with Crippen LogP contribution >= 0.6 is 0 Å². The second-order valence-corrected chi connectivity index (χ2v) is 6.63. The molecule has 0 radical (unpaired) electrons. The largest absolute Gasteiger partial charge is 0.300 e. The predicted molar refractivity (Wildman–Crippen MR) is 68.9 cm³/mol. The van der Waals surface area contributed by atoms with Crippen LogP contribution in [0.15, 0.2) is 23.1 Å². The average Bonchev–Trinajstić information content (AvgIpc) is 2.33. The lowest BCUT2D eigenvalue weighted by Gasteiger charge is -2.25. The second-order valence-electron chi connectivity index (χ2n) is 4.69. The maximum absolute atomic E-state index is 12.4. The van der Waals surface area contributed by atoms with Crippen LogP contribution in [0.25, 0.3) is 0 Å². The first-order chi connectivity index (χ1) is 8.41. The van der Waals surface area contributed by atoms with E-state index in [2.05, 4.69) is 0 Å². The normalized spacial score (nSPS) is 18.0. The zero-order chi connectivity index (χ0) is 13.3. The van der Waals surface area contributed by atoms with E-state index in [4.69, 9.17) is 0 Å².